The third kappa shape index (κ3) is 5.61. The monoisotopic (exact) mass is 427 g/mol. The number of benzene rings is 2. The van der Waals surface area contributed by atoms with Crippen molar-refractivity contribution in [2.45, 2.75) is 39.5 Å². The van der Waals surface area contributed by atoms with Crippen molar-refractivity contribution in [2.75, 3.05) is 30.3 Å². The summed E-state index contributed by atoms with van der Waals surface area (Å²) in [6, 6.07) is 13.4. The van der Waals surface area contributed by atoms with E-state index < -0.39 is 0 Å². The number of halogens is 1. The highest BCUT2D eigenvalue weighted by atomic mass is 35.5. The third-order valence-corrected chi connectivity index (χ3v) is 5.98. The van der Waals surface area contributed by atoms with E-state index in [1.165, 1.54) is 0 Å². The molecular formula is C24H30ClN3O2. The van der Waals surface area contributed by atoms with Crippen LogP contribution in [0.3, 0.4) is 0 Å². The van der Waals surface area contributed by atoms with E-state index in [9.17, 15) is 9.59 Å². The first-order chi connectivity index (χ1) is 14.5. The summed E-state index contributed by atoms with van der Waals surface area (Å²) in [5, 5.41) is 6.75. The van der Waals surface area contributed by atoms with Crippen molar-refractivity contribution in [1.29, 1.82) is 0 Å². The molecule has 1 atom stereocenters. The number of carbonyl (C=O) groups excluding carboxylic acids is 2. The average Bonchev–Trinajstić information content (AvgIpc) is 2.75. The van der Waals surface area contributed by atoms with Gasteiger partial charge < -0.3 is 10.6 Å². The lowest BCUT2D eigenvalue weighted by atomic mass is 9.97. The van der Waals surface area contributed by atoms with Crippen molar-refractivity contribution in [3.05, 3.63) is 58.6 Å². The smallest absolute Gasteiger partial charge is 0.238 e. The number of rotatable bonds is 7. The average molecular weight is 428 g/mol. The molecule has 0 spiro atoms. The molecule has 0 bridgehead atoms. The molecule has 2 aromatic rings. The van der Waals surface area contributed by atoms with Crippen LogP contribution in [0.25, 0.3) is 0 Å². The lowest BCUT2D eigenvalue weighted by Gasteiger charge is -2.31. The van der Waals surface area contributed by atoms with Gasteiger partial charge in [0.25, 0.3) is 0 Å². The predicted octanol–water partition coefficient (Wildman–Crippen LogP) is 4.75. The predicted molar refractivity (Wildman–Crippen MR) is 123 cm³/mol. The van der Waals surface area contributed by atoms with Crippen LogP contribution in [0, 0.1) is 5.92 Å². The zero-order valence-corrected chi connectivity index (χ0v) is 18.5. The summed E-state index contributed by atoms with van der Waals surface area (Å²) in [5.74, 6) is -0.163. The molecule has 0 saturated carbocycles. The van der Waals surface area contributed by atoms with Gasteiger partial charge in [0.05, 0.1) is 12.5 Å². The number of para-hydroxylation sites is 1. The van der Waals surface area contributed by atoms with Gasteiger partial charge in [0.1, 0.15) is 0 Å². The molecule has 1 aliphatic rings. The Bertz CT molecular complexity index is 886. The molecule has 0 radical (unpaired) electrons. The molecule has 2 aromatic carbocycles. The van der Waals surface area contributed by atoms with Crippen LogP contribution in [0.1, 0.15) is 37.8 Å². The van der Waals surface area contributed by atoms with Gasteiger partial charge >= 0.3 is 0 Å². The Balaban J connectivity index is 1.61. The fourth-order valence-corrected chi connectivity index (χ4v) is 4.32. The molecule has 3 rings (SSSR count). The molecule has 1 fully saturated rings. The second-order valence-corrected chi connectivity index (χ2v) is 8.15. The van der Waals surface area contributed by atoms with Crippen molar-refractivity contribution in [3.63, 3.8) is 0 Å². The van der Waals surface area contributed by atoms with E-state index in [4.69, 9.17) is 11.6 Å². The summed E-state index contributed by atoms with van der Waals surface area (Å²) in [5.41, 5.74) is 3.71. The SMILES string of the molecule is CCc1ccc(Cl)c(CC)c1NC(=O)CN1CCC[C@@H](C(=O)Nc2ccccc2)C1. The summed E-state index contributed by atoms with van der Waals surface area (Å²) in [6.07, 6.45) is 3.32. The standard InChI is InChI=1S/C24H30ClN3O2/c1-3-17-12-13-21(25)20(4-2)23(17)27-22(29)16-28-14-8-9-18(15-28)24(30)26-19-10-6-5-7-11-19/h5-7,10-13,18H,3-4,8-9,14-16H2,1-2H3,(H,26,30)(H,27,29)/t18-/m1/s1. The summed E-state index contributed by atoms with van der Waals surface area (Å²) in [4.78, 5) is 27.5. The molecule has 5 nitrogen and oxygen atoms in total. The van der Waals surface area contributed by atoms with E-state index in [-0.39, 0.29) is 24.3 Å². The van der Waals surface area contributed by atoms with E-state index in [1.54, 1.807) is 0 Å². The van der Waals surface area contributed by atoms with E-state index in [0.717, 1.165) is 54.7 Å². The minimum Gasteiger partial charge on any atom is -0.326 e. The fraction of sp³-hybridized carbons (Fsp3) is 0.417. The number of amides is 2. The number of hydrogen-bond donors (Lipinski definition) is 2. The normalized spacial score (nSPS) is 16.8. The number of hydrogen-bond acceptors (Lipinski definition) is 3. The molecule has 0 aromatic heterocycles. The summed E-state index contributed by atoms with van der Waals surface area (Å²) >= 11 is 6.35. The van der Waals surface area contributed by atoms with E-state index >= 15 is 0 Å². The molecule has 1 aliphatic heterocycles. The van der Waals surface area contributed by atoms with Crippen molar-refractivity contribution < 1.29 is 9.59 Å². The number of aryl methyl sites for hydroxylation is 1. The summed E-state index contributed by atoms with van der Waals surface area (Å²) in [6.45, 7) is 5.78. The summed E-state index contributed by atoms with van der Waals surface area (Å²) < 4.78 is 0. The molecule has 30 heavy (non-hydrogen) atoms. The van der Waals surface area contributed by atoms with E-state index in [1.807, 2.05) is 49.4 Å². The molecule has 1 saturated heterocycles. The molecule has 160 valence electrons. The highest BCUT2D eigenvalue weighted by Gasteiger charge is 2.27. The van der Waals surface area contributed by atoms with Crippen LogP contribution in [-0.4, -0.2) is 36.3 Å². The van der Waals surface area contributed by atoms with Crippen LogP contribution in [0.2, 0.25) is 5.02 Å². The topological polar surface area (TPSA) is 61.4 Å². The second-order valence-electron chi connectivity index (χ2n) is 7.74. The zero-order valence-electron chi connectivity index (χ0n) is 17.7. The Morgan fingerprint density at radius 1 is 1.07 bits per heavy atom. The first kappa shape index (κ1) is 22.3. The number of nitrogens with zero attached hydrogens (tertiary/aromatic N) is 1. The highest BCUT2D eigenvalue weighted by Crippen LogP contribution is 2.29. The van der Waals surface area contributed by atoms with Gasteiger partial charge in [0.2, 0.25) is 11.8 Å². The maximum Gasteiger partial charge on any atom is 0.238 e. The van der Waals surface area contributed by atoms with Gasteiger partial charge in [-0.05, 0) is 61.6 Å². The number of likely N-dealkylation sites (tertiary alicyclic amines) is 1. The van der Waals surface area contributed by atoms with Gasteiger partial charge in [-0.1, -0.05) is 49.7 Å². The fourth-order valence-electron chi connectivity index (χ4n) is 4.03. The Labute approximate surface area is 183 Å². The first-order valence-electron chi connectivity index (χ1n) is 10.7. The number of piperidine rings is 1. The largest absolute Gasteiger partial charge is 0.326 e. The number of nitrogens with one attached hydrogen (secondary N) is 2. The van der Waals surface area contributed by atoms with Crippen molar-refractivity contribution in [1.82, 2.24) is 4.90 Å². The van der Waals surface area contributed by atoms with Gasteiger partial charge in [-0.15, -0.1) is 0 Å². The third-order valence-electron chi connectivity index (χ3n) is 5.63. The molecule has 2 N–H and O–H groups in total. The van der Waals surface area contributed by atoms with Gasteiger partial charge in [-0.3, -0.25) is 14.5 Å². The van der Waals surface area contributed by atoms with Crippen LogP contribution in [0.5, 0.6) is 0 Å². The molecule has 2 amide bonds. The van der Waals surface area contributed by atoms with Crippen LogP contribution in [-0.2, 0) is 22.4 Å². The molecule has 0 unspecified atom stereocenters. The lowest BCUT2D eigenvalue weighted by Crippen LogP contribution is -2.44. The van der Waals surface area contributed by atoms with Gasteiger partial charge in [-0.2, -0.15) is 0 Å². The minimum atomic E-state index is -0.115. The zero-order chi connectivity index (χ0) is 21.5. The van der Waals surface area contributed by atoms with E-state index in [0.29, 0.717) is 11.6 Å². The van der Waals surface area contributed by atoms with Crippen LogP contribution < -0.4 is 10.6 Å². The Morgan fingerprint density at radius 2 is 1.83 bits per heavy atom. The van der Waals surface area contributed by atoms with Gasteiger partial charge in [-0.25, -0.2) is 0 Å². The van der Waals surface area contributed by atoms with Crippen molar-refractivity contribution >= 4 is 34.8 Å². The Hall–Kier alpha value is -2.37. The van der Waals surface area contributed by atoms with Crippen LogP contribution in [0.4, 0.5) is 11.4 Å². The number of anilines is 2. The minimum absolute atomic E-state index is 0.0164. The lowest BCUT2D eigenvalue weighted by molar-refractivity contribution is -0.123. The van der Waals surface area contributed by atoms with Gasteiger partial charge in [0, 0.05) is 22.9 Å². The quantitative estimate of drug-likeness (QED) is 0.670. The van der Waals surface area contributed by atoms with Crippen molar-refractivity contribution in [3.8, 4) is 0 Å². The Kier molecular flexibility index (Phi) is 7.88. The molecular weight excluding hydrogens is 398 g/mol. The van der Waals surface area contributed by atoms with Gasteiger partial charge in [0.15, 0.2) is 0 Å². The Morgan fingerprint density at radius 3 is 2.53 bits per heavy atom. The second kappa shape index (κ2) is 10.6. The molecule has 1 heterocycles. The van der Waals surface area contributed by atoms with Crippen LogP contribution >= 0.6 is 11.6 Å². The van der Waals surface area contributed by atoms with Crippen molar-refractivity contribution in [2.24, 2.45) is 5.92 Å². The van der Waals surface area contributed by atoms with E-state index in [2.05, 4.69) is 22.5 Å². The summed E-state index contributed by atoms with van der Waals surface area (Å²) in [7, 11) is 0. The molecule has 6 heteroatoms. The maximum absolute atomic E-state index is 12.8. The highest BCUT2D eigenvalue weighted by molar-refractivity contribution is 6.32. The first-order valence-corrected chi connectivity index (χ1v) is 11.1. The molecule has 0 aliphatic carbocycles. The van der Waals surface area contributed by atoms with Crippen LogP contribution in [0.15, 0.2) is 42.5 Å². The maximum atomic E-state index is 12.8. The number of carbonyl (C=O) groups is 2.